The average Bonchev–Trinajstić information content (AvgIpc) is 2.46. The predicted octanol–water partition coefficient (Wildman–Crippen LogP) is 1.54. The summed E-state index contributed by atoms with van der Waals surface area (Å²) in [6.45, 7) is 3.46. The van der Waals surface area contributed by atoms with E-state index in [1.165, 1.54) is 0 Å². The molecule has 1 saturated heterocycles. The van der Waals surface area contributed by atoms with Gasteiger partial charge >= 0.3 is 0 Å². The van der Waals surface area contributed by atoms with Crippen LogP contribution in [0.3, 0.4) is 0 Å². The van der Waals surface area contributed by atoms with Crippen LogP contribution in [-0.2, 0) is 4.79 Å². The zero-order chi connectivity index (χ0) is 13.8. The van der Waals surface area contributed by atoms with Crippen molar-refractivity contribution in [2.45, 2.75) is 25.8 Å². The fourth-order valence-corrected chi connectivity index (χ4v) is 2.43. The standard InChI is InChI=1S/C14H21N3O2/c1-11(18)16(2)12-7-9-17(10-8-12)13-5-4-6-14(15-13)19-3/h4-6,12H,7-10H2,1-3H3. The molecule has 104 valence electrons. The Kier molecular flexibility index (Phi) is 4.24. The Balaban J connectivity index is 1.97. The van der Waals surface area contributed by atoms with Crippen molar-refractivity contribution in [3.63, 3.8) is 0 Å². The van der Waals surface area contributed by atoms with Gasteiger partial charge in [0.2, 0.25) is 11.8 Å². The molecule has 1 aromatic heterocycles. The molecule has 1 aliphatic rings. The van der Waals surface area contributed by atoms with E-state index < -0.39 is 0 Å². The van der Waals surface area contributed by atoms with Crippen LogP contribution < -0.4 is 9.64 Å². The van der Waals surface area contributed by atoms with Crippen molar-refractivity contribution < 1.29 is 9.53 Å². The lowest BCUT2D eigenvalue weighted by Gasteiger charge is -2.37. The Hall–Kier alpha value is -1.78. The van der Waals surface area contributed by atoms with Crippen LogP contribution in [0.2, 0.25) is 0 Å². The number of ether oxygens (including phenoxy) is 1. The lowest BCUT2D eigenvalue weighted by atomic mass is 10.0. The molecule has 2 rings (SSSR count). The first-order valence-corrected chi connectivity index (χ1v) is 6.61. The van der Waals surface area contributed by atoms with Crippen LogP contribution in [0.25, 0.3) is 0 Å². The van der Waals surface area contributed by atoms with Crippen molar-refractivity contribution in [1.82, 2.24) is 9.88 Å². The van der Waals surface area contributed by atoms with Gasteiger partial charge in [-0.1, -0.05) is 6.07 Å². The van der Waals surface area contributed by atoms with Crippen molar-refractivity contribution in [3.8, 4) is 5.88 Å². The second-order valence-electron chi connectivity index (χ2n) is 4.89. The largest absolute Gasteiger partial charge is 0.481 e. The number of pyridine rings is 1. The maximum Gasteiger partial charge on any atom is 0.219 e. The van der Waals surface area contributed by atoms with E-state index in [0.29, 0.717) is 11.9 Å². The minimum atomic E-state index is 0.137. The number of nitrogens with zero attached hydrogens (tertiary/aromatic N) is 3. The quantitative estimate of drug-likeness (QED) is 0.830. The number of rotatable bonds is 3. The summed E-state index contributed by atoms with van der Waals surface area (Å²) in [7, 11) is 3.51. The summed E-state index contributed by atoms with van der Waals surface area (Å²) in [4.78, 5) is 19.9. The molecule has 1 aromatic rings. The Morgan fingerprint density at radius 3 is 2.68 bits per heavy atom. The number of amides is 1. The Bertz CT molecular complexity index is 442. The van der Waals surface area contributed by atoms with Crippen LogP contribution in [0.5, 0.6) is 5.88 Å². The maximum absolute atomic E-state index is 11.4. The first kappa shape index (κ1) is 13.6. The molecule has 0 N–H and O–H groups in total. The molecule has 0 radical (unpaired) electrons. The van der Waals surface area contributed by atoms with E-state index >= 15 is 0 Å². The number of hydrogen-bond donors (Lipinski definition) is 0. The van der Waals surface area contributed by atoms with E-state index in [4.69, 9.17) is 4.74 Å². The fourth-order valence-electron chi connectivity index (χ4n) is 2.43. The molecular weight excluding hydrogens is 242 g/mol. The number of piperidine rings is 1. The Morgan fingerprint density at radius 1 is 1.42 bits per heavy atom. The summed E-state index contributed by atoms with van der Waals surface area (Å²) < 4.78 is 5.15. The third kappa shape index (κ3) is 3.16. The van der Waals surface area contributed by atoms with Crippen molar-refractivity contribution >= 4 is 11.7 Å². The minimum absolute atomic E-state index is 0.137. The summed E-state index contributed by atoms with van der Waals surface area (Å²) in [5.74, 6) is 1.72. The minimum Gasteiger partial charge on any atom is -0.481 e. The van der Waals surface area contributed by atoms with E-state index in [9.17, 15) is 4.79 Å². The van der Waals surface area contributed by atoms with Gasteiger partial charge in [-0.2, -0.15) is 4.98 Å². The third-order valence-corrected chi connectivity index (χ3v) is 3.75. The second kappa shape index (κ2) is 5.91. The van der Waals surface area contributed by atoms with Gasteiger partial charge in [0.05, 0.1) is 7.11 Å². The van der Waals surface area contributed by atoms with Crippen LogP contribution in [0.4, 0.5) is 5.82 Å². The number of carbonyl (C=O) groups is 1. The van der Waals surface area contributed by atoms with E-state index in [-0.39, 0.29) is 5.91 Å². The highest BCUT2D eigenvalue weighted by molar-refractivity contribution is 5.73. The molecule has 0 spiro atoms. The molecule has 5 heteroatoms. The number of methoxy groups -OCH3 is 1. The Labute approximate surface area is 114 Å². The molecule has 1 amide bonds. The molecule has 5 nitrogen and oxygen atoms in total. The van der Waals surface area contributed by atoms with Crippen LogP contribution in [0.15, 0.2) is 18.2 Å². The highest BCUT2D eigenvalue weighted by Crippen LogP contribution is 2.22. The fraction of sp³-hybridized carbons (Fsp3) is 0.571. The topological polar surface area (TPSA) is 45.7 Å². The predicted molar refractivity (Wildman–Crippen MR) is 74.5 cm³/mol. The molecule has 0 atom stereocenters. The van der Waals surface area contributed by atoms with E-state index in [0.717, 1.165) is 31.7 Å². The third-order valence-electron chi connectivity index (χ3n) is 3.75. The Morgan fingerprint density at radius 2 is 2.11 bits per heavy atom. The van der Waals surface area contributed by atoms with E-state index in [1.54, 1.807) is 14.0 Å². The zero-order valence-corrected chi connectivity index (χ0v) is 11.8. The smallest absolute Gasteiger partial charge is 0.219 e. The number of anilines is 1. The molecule has 0 aromatic carbocycles. The van der Waals surface area contributed by atoms with Crippen molar-refractivity contribution in [2.24, 2.45) is 0 Å². The first-order valence-electron chi connectivity index (χ1n) is 6.61. The second-order valence-corrected chi connectivity index (χ2v) is 4.89. The van der Waals surface area contributed by atoms with Gasteiger partial charge in [-0.05, 0) is 18.9 Å². The first-order chi connectivity index (χ1) is 9.11. The van der Waals surface area contributed by atoms with Gasteiger partial charge in [0, 0.05) is 39.2 Å². The number of carbonyl (C=O) groups excluding carboxylic acids is 1. The molecule has 0 aliphatic carbocycles. The van der Waals surface area contributed by atoms with Crippen LogP contribution >= 0.6 is 0 Å². The SMILES string of the molecule is COc1cccc(N2CCC(N(C)C(C)=O)CC2)n1. The average molecular weight is 263 g/mol. The van der Waals surface area contributed by atoms with Crippen molar-refractivity contribution in [1.29, 1.82) is 0 Å². The van der Waals surface area contributed by atoms with Gasteiger partial charge in [0.25, 0.3) is 0 Å². The summed E-state index contributed by atoms with van der Waals surface area (Å²) in [5.41, 5.74) is 0. The van der Waals surface area contributed by atoms with Gasteiger partial charge in [-0.15, -0.1) is 0 Å². The molecule has 2 heterocycles. The summed E-state index contributed by atoms with van der Waals surface area (Å²) in [6, 6.07) is 6.14. The van der Waals surface area contributed by atoms with Gasteiger partial charge in [-0.25, -0.2) is 0 Å². The number of aromatic nitrogens is 1. The van der Waals surface area contributed by atoms with Crippen molar-refractivity contribution in [3.05, 3.63) is 18.2 Å². The van der Waals surface area contributed by atoms with Gasteiger partial charge in [0.1, 0.15) is 5.82 Å². The molecule has 19 heavy (non-hydrogen) atoms. The zero-order valence-electron chi connectivity index (χ0n) is 11.8. The van der Waals surface area contributed by atoms with E-state index in [2.05, 4.69) is 9.88 Å². The number of hydrogen-bond acceptors (Lipinski definition) is 4. The van der Waals surface area contributed by atoms with Crippen molar-refractivity contribution in [2.75, 3.05) is 32.1 Å². The molecular formula is C14H21N3O2. The highest BCUT2D eigenvalue weighted by atomic mass is 16.5. The molecule has 0 unspecified atom stereocenters. The maximum atomic E-state index is 11.4. The normalized spacial score (nSPS) is 16.3. The van der Waals surface area contributed by atoms with Gasteiger partial charge < -0.3 is 14.5 Å². The van der Waals surface area contributed by atoms with Crippen LogP contribution in [-0.4, -0.2) is 49.1 Å². The van der Waals surface area contributed by atoms with Gasteiger partial charge in [0.15, 0.2) is 0 Å². The highest BCUT2D eigenvalue weighted by Gasteiger charge is 2.24. The van der Waals surface area contributed by atoms with Gasteiger partial charge in [-0.3, -0.25) is 4.79 Å². The summed E-state index contributed by atoms with van der Waals surface area (Å²) >= 11 is 0. The monoisotopic (exact) mass is 263 g/mol. The van der Waals surface area contributed by atoms with E-state index in [1.807, 2.05) is 30.1 Å². The molecule has 0 bridgehead atoms. The molecule has 1 fully saturated rings. The molecule has 1 aliphatic heterocycles. The van der Waals surface area contributed by atoms with Crippen LogP contribution in [0, 0.1) is 0 Å². The summed E-state index contributed by atoms with van der Waals surface area (Å²) in [5, 5.41) is 0. The summed E-state index contributed by atoms with van der Waals surface area (Å²) in [6.07, 6.45) is 1.96. The van der Waals surface area contributed by atoms with Crippen LogP contribution in [0.1, 0.15) is 19.8 Å². The molecule has 0 saturated carbocycles. The lowest BCUT2D eigenvalue weighted by Crippen LogP contribution is -2.45. The lowest BCUT2D eigenvalue weighted by molar-refractivity contribution is -0.129.